The molecule has 24 heavy (non-hydrogen) atoms. The van der Waals surface area contributed by atoms with Gasteiger partial charge < -0.3 is 10.6 Å². The molecule has 0 spiro atoms. The van der Waals surface area contributed by atoms with Gasteiger partial charge in [0, 0.05) is 10.2 Å². The maximum absolute atomic E-state index is 12.0. The SMILES string of the molecule is CN(CC(=O)Nc1ccc(Br)cc1)CC(=O)Nc1ccccc1Cl. The van der Waals surface area contributed by atoms with Crippen LogP contribution in [0.15, 0.2) is 53.0 Å². The summed E-state index contributed by atoms with van der Waals surface area (Å²) in [7, 11) is 1.70. The number of halogens is 2. The van der Waals surface area contributed by atoms with E-state index in [0.717, 1.165) is 4.47 Å². The van der Waals surface area contributed by atoms with Gasteiger partial charge in [-0.05, 0) is 43.4 Å². The van der Waals surface area contributed by atoms with Crippen LogP contribution in [0, 0.1) is 0 Å². The quantitative estimate of drug-likeness (QED) is 0.765. The standard InChI is InChI=1S/C17H17BrClN3O2/c1-22(10-16(23)20-13-8-6-12(18)7-9-13)11-17(24)21-15-5-3-2-4-14(15)19/h2-9H,10-11H2,1H3,(H,20,23)(H,21,24). The highest BCUT2D eigenvalue weighted by molar-refractivity contribution is 9.10. The Balaban J connectivity index is 1.80. The summed E-state index contributed by atoms with van der Waals surface area (Å²) in [4.78, 5) is 25.6. The molecule has 0 fully saturated rings. The monoisotopic (exact) mass is 409 g/mol. The molecule has 5 nitrogen and oxygen atoms in total. The minimum atomic E-state index is -0.234. The van der Waals surface area contributed by atoms with E-state index >= 15 is 0 Å². The van der Waals surface area contributed by atoms with Gasteiger partial charge >= 0.3 is 0 Å². The lowest BCUT2D eigenvalue weighted by atomic mass is 10.3. The number of para-hydroxylation sites is 1. The van der Waals surface area contributed by atoms with E-state index in [1.165, 1.54) is 0 Å². The molecule has 2 aromatic rings. The number of nitrogens with zero attached hydrogens (tertiary/aromatic N) is 1. The lowest BCUT2D eigenvalue weighted by Gasteiger charge is -2.16. The molecule has 2 aromatic carbocycles. The van der Waals surface area contributed by atoms with Crippen molar-refractivity contribution in [3.8, 4) is 0 Å². The molecule has 126 valence electrons. The van der Waals surface area contributed by atoms with Gasteiger partial charge in [-0.3, -0.25) is 14.5 Å². The first-order chi connectivity index (χ1) is 11.4. The van der Waals surface area contributed by atoms with Gasteiger partial charge in [0.2, 0.25) is 11.8 Å². The zero-order valence-electron chi connectivity index (χ0n) is 13.1. The van der Waals surface area contributed by atoms with Crippen LogP contribution in [0.1, 0.15) is 0 Å². The molecule has 2 rings (SSSR count). The van der Waals surface area contributed by atoms with Crippen LogP contribution < -0.4 is 10.6 Å². The highest BCUT2D eigenvalue weighted by atomic mass is 79.9. The van der Waals surface area contributed by atoms with Crippen LogP contribution in [0.2, 0.25) is 5.02 Å². The summed E-state index contributed by atoms with van der Waals surface area (Å²) in [5.74, 6) is -0.424. The molecule has 0 saturated heterocycles. The molecule has 0 radical (unpaired) electrons. The Morgan fingerprint density at radius 3 is 2.21 bits per heavy atom. The molecule has 2 amide bonds. The first-order valence-electron chi connectivity index (χ1n) is 7.22. The molecule has 0 bridgehead atoms. The van der Waals surface area contributed by atoms with Crippen molar-refractivity contribution in [1.82, 2.24) is 4.90 Å². The summed E-state index contributed by atoms with van der Waals surface area (Å²) in [5.41, 5.74) is 1.26. The Morgan fingerprint density at radius 2 is 1.58 bits per heavy atom. The van der Waals surface area contributed by atoms with Crippen molar-refractivity contribution in [2.75, 3.05) is 30.8 Å². The van der Waals surface area contributed by atoms with Crippen molar-refractivity contribution < 1.29 is 9.59 Å². The van der Waals surface area contributed by atoms with Crippen LogP contribution in [0.4, 0.5) is 11.4 Å². The van der Waals surface area contributed by atoms with Gasteiger partial charge in [-0.1, -0.05) is 39.7 Å². The zero-order valence-corrected chi connectivity index (χ0v) is 15.4. The number of benzene rings is 2. The van der Waals surface area contributed by atoms with Crippen LogP contribution in [0.5, 0.6) is 0 Å². The van der Waals surface area contributed by atoms with Crippen molar-refractivity contribution in [1.29, 1.82) is 0 Å². The molecule has 7 heteroatoms. The fourth-order valence-electron chi connectivity index (χ4n) is 2.03. The fraction of sp³-hybridized carbons (Fsp3) is 0.176. The molecule has 2 N–H and O–H groups in total. The second-order valence-corrected chi connectivity index (χ2v) is 6.58. The summed E-state index contributed by atoms with van der Waals surface area (Å²) in [6, 6.07) is 14.3. The molecular formula is C17H17BrClN3O2. The molecule has 0 aliphatic heterocycles. The minimum absolute atomic E-state index is 0.0823. The van der Waals surface area contributed by atoms with Gasteiger partial charge in [0.15, 0.2) is 0 Å². The minimum Gasteiger partial charge on any atom is -0.325 e. The van der Waals surface area contributed by atoms with Crippen LogP contribution in [-0.2, 0) is 9.59 Å². The van der Waals surface area contributed by atoms with Crippen LogP contribution in [0.3, 0.4) is 0 Å². The molecule has 0 aliphatic rings. The Morgan fingerprint density at radius 1 is 1.00 bits per heavy atom. The van der Waals surface area contributed by atoms with E-state index in [1.54, 1.807) is 48.3 Å². The van der Waals surface area contributed by atoms with Gasteiger partial charge in [0.1, 0.15) is 0 Å². The van der Waals surface area contributed by atoms with Crippen LogP contribution in [-0.4, -0.2) is 36.9 Å². The summed E-state index contributed by atoms with van der Waals surface area (Å²) >= 11 is 9.33. The molecule has 0 aliphatic carbocycles. The molecule has 0 heterocycles. The third-order valence-electron chi connectivity index (χ3n) is 3.10. The first-order valence-corrected chi connectivity index (χ1v) is 8.39. The number of nitrogens with one attached hydrogen (secondary N) is 2. The fourth-order valence-corrected chi connectivity index (χ4v) is 2.48. The lowest BCUT2D eigenvalue weighted by Crippen LogP contribution is -2.36. The van der Waals surface area contributed by atoms with Crippen LogP contribution >= 0.6 is 27.5 Å². The van der Waals surface area contributed by atoms with Crippen molar-refractivity contribution in [3.63, 3.8) is 0 Å². The summed E-state index contributed by atoms with van der Waals surface area (Å²) in [6.45, 7) is 0.186. The highest BCUT2D eigenvalue weighted by Crippen LogP contribution is 2.20. The van der Waals surface area contributed by atoms with E-state index in [-0.39, 0.29) is 24.9 Å². The van der Waals surface area contributed by atoms with Gasteiger partial charge in [0.05, 0.1) is 23.8 Å². The molecular weight excluding hydrogens is 394 g/mol. The molecule has 0 atom stereocenters. The Hall–Kier alpha value is -1.89. The maximum Gasteiger partial charge on any atom is 0.238 e. The van der Waals surface area contributed by atoms with E-state index in [1.807, 2.05) is 12.1 Å². The van der Waals surface area contributed by atoms with Crippen LogP contribution in [0.25, 0.3) is 0 Å². The third kappa shape index (κ3) is 5.96. The highest BCUT2D eigenvalue weighted by Gasteiger charge is 2.12. The number of likely N-dealkylation sites (N-methyl/N-ethyl adjacent to an activating group) is 1. The summed E-state index contributed by atoms with van der Waals surface area (Å²) in [6.07, 6.45) is 0. The average molecular weight is 411 g/mol. The predicted octanol–water partition coefficient (Wildman–Crippen LogP) is 3.61. The number of carbonyl (C=O) groups is 2. The Labute approximate surface area is 154 Å². The third-order valence-corrected chi connectivity index (χ3v) is 3.96. The topological polar surface area (TPSA) is 61.4 Å². The molecule has 0 saturated carbocycles. The van der Waals surface area contributed by atoms with Crippen molar-refractivity contribution in [2.45, 2.75) is 0 Å². The van der Waals surface area contributed by atoms with Gasteiger partial charge in [-0.2, -0.15) is 0 Å². The second kappa shape index (κ2) is 8.82. The van der Waals surface area contributed by atoms with E-state index < -0.39 is 0 Å². The van der Waals surface area contributed by atoms with E-state index in [9.17, 15) is 9.59 Å². The van der Waals surface area contributed by atoms with Gasteiger partial charge in [-0.25, -0.2) is 0 Å². The maximum atomic E-state index is 12.0. The largest absolute Gasteiger partial charge is 0.325 e. The Bertz CT molecular complexity index is 722. The predicted molar refractivity (Wildman–Crippen MR) is 100 cm³/mol. The normalized spacial score (nSPS) is 10.5. The number of anilines is 2. The number of hydrogen-bond acceptors (Lipinski definition) is 3. The van der Waals surface area contributed by atoms with E-state index in [4.69, 9.17) is 11.6 Å². The Kier molecular flexibility index (Phi) is 6.78. The smallest absolute Gasteiger partial charge is 0.238 e. The average Bonchev–Trinajstić information content (AvgIpc) is 2.51. The van der Waals surface area contributed by atoms with E-state index in [2.05, 4.69) is 26.6 Å². The van der Waals surface area contributed by atoms with Gasteiger partial charge in [0.25, 0.3) is 0 Å². The lowest BCUT2D eigenvalue weighted by molar-refractivity contribution is -0.119. The van der Waals surface area contributed by atoms with Crippen molar-refractivity contribution >= 4 is 50.7 Å². The number of amides is 2. The van der Waals surface area contributed by atoms with Crippen molar-refractivity contribution in [2.24, 2.45) is 0 Å². The first kappa shape index (κ1) is 18.4. The van der Waals surface area contributed by atoms with Crippen molar-refractivity contribution in [3.05, 3.63) is 58.0 Å². The second-order valence-electron chi connectivity index (χ2n) is 5.26. The number of carbonyl (C=O) groups excluding carboxylic acids is 2. The number of rotatable bonds is 6. The van der Waals surface area contributed by atoms with Gasteiger partial charge in [-0.15, -0.1) is 0 Å². The molecule has 0 aromatic heterocycles. The molecule has 0 unspecified atom stereocenters. The zero-order chi connectivity index (χ0) is 17.5. The summed E-state index contributed by atoms with van der Waals surface area (Å²) in [5, 5.41) is 5.97. The summed E-state index contributed by atoms with van der Waals surface area (Å²) < 4.78 is 0.939. The van der Waals surface area contributed by atoms with E-state index in [0.29, 0.717) is 16.4 Å². The number of hydrogen-bond donors (Lipinski definition) is 2.